The summed E-state index contributed by atoms with van der Waals surface area (Å²) < 4.78 is 5.91. The van der Waals surface area contributed by atoms with E-state index in [2.05, 4.69) is 38.2 Å². The van der Waals surface area contributed by atoms with Gasteiger partial charge >= 0.3 is 5.97 Å². The summed E-state index contributed by atoms with van der Waals surface area (Å²) in [6, 6.07) is 0. The van der Waals surface area contributed by atoms with Gasteiger partial charge in [0.25, 0.3) is 0 Å². The summed E-state index contributed by atoms with van der Waals surface area (Å²) in [6.45, 7) is 6.19. The van der Waals surface area contributed by atoms with E-state index in [4.69, 9.17) is 4.74 Å². The monoisotopic (exact) mass is 561 g/mol. The lowest BCUT2D eigenvalue weighted by molar-refractivity contribution is -0.149. The van der Waals surface area contributed by atoms with Crippen molar-refractivity contribution in [2.24, 2.45) is 0 Å². The molecule has 0 heterocycles. The summed E-state index contributed by atoms with van der Waals surface area (Å²) in [7, 11) is 0. The number of allylic oxidation sites excluding steroid dienone is 3. The zero-order valence-corrected chi connectivity index (χ0v) is 27.2. The Morgan fingerprint density at radius 1 is 0.525 bits per heavy atom. The van der Waals surface area contributed by atoms with Crippen LogP contribution in [0.15, 0.2) is 24.3 Å². The van der Waals surface area contributed by atoms with Crippen LogP contribution in [0.4, 0.5) is 0 Å². The van der Waals surface area contributed by atoms with Gasteiger partial charge < -0.3 is 9.53 Å². The maximum atomic E-state index is 12.5. The molecule has 3 heteroatoms. The van der Waals surface area contributed by atoms with E-state index in [1.807, 2.05) is 0 Å². The summed E-state index contributed by atoms with van der Waals surface area (Å²) in [5, 5.41) is 0. The van der Waals surface area contributed by atoms with Gasteiger partial charge in [0.2, 0.25) is 0 Å². The van der Waals surface area contributed by atoms with Crippen molar-refractivity contribution in [3.63, 3.8) is 0 Å². The maximum Gasteiger partial charge on any atom is 0.306 e. The molecule has 0 saturated carbocycles. The van der Waals surface area contributed by atoms with Crippen LogP contribution in [0.25, 0.3) is 0 Å². The zero-order valence-electron chi connectivity index (χ0n) is 27.2. The van der Waals surface area contributed by atoms with Crippen molar-refractivity contribution in [1.82, 2.24) is 0 Å². The van der Waals surface area contributed by atoms with E-state index in [-0.39, 0.29) is 12.1 Å². The number of carbonyl (C=O) groups is 2. The highest BCUT2D eigenvalue weighted by molar-refractivity contribution is 5.75. The fourth-order valence-corrected chi connectivity index (χ4v) is 5.14. The van der Waals surface area contributed by atoms with Gasteiger partial charge in [0.15, 0.2) is 0 Å². The molecule has 0 aromatic heterocycles. The molecule has 0 saturated heterocycles. The highest BCUT2D eigenvalue weighted by Gasteiger charge is 2.13. The molecule has 0 aliphatic heterocycles. The molecular formula is C37H68O3. The summed E-state index contributed by atoms with van der Waals surface area (Å²) in [4.78, 5) is 23.5. The van der Waals surface area contributed by atoms with E-state index in [1.165, 1.54) is 109 Å². The molecule has 0 radical (unpaired) electrons. The van der Waals surface area contributed by atoms with Crippen LogP contribution in [0, 0.1) is 0 Å². The van der Waals surface area contributed by atoms with Gasteiger partial charge in [-0.1, -0.05) is 128 Å². The van der Waals surface area contributed by atoms with Crippen LogP contribution in [0.2, 0.25) is 0 Å². The van der Waals surface area contributed by atoms with E-state index < -0.39 is 0 Å². The zero-order chi connectivity index (χ0) is 29.4. The fraction of sp³-hybridized carbons (Fsp3) is 0.838. The Morgan fingerprint density at radius 3 is 1.48 bits per heavy atom. The van der Waals surface area contributed by atoms with Crippen LogP contribution in [-0.2, 0) is 14.3 Å². The number of hydrogen-bond acceptors (Lipinski definition) is 3. The number of Topliss-reactive ketones (excluding diaryl/α,β-unsaturated/α-hetero) is 1. The van der Waals surface area contributed by atoms with E-state index in [1.54, 1.807) is 6.92 Å². The first kappa shape index (κ1) is 38.6. The first-order valence-corrected chi connectivity index (χ1v) is 17.6. The molecule has 0 N–H and O–H groups in total. The molecule has 0 spiro atoms. The third kappa shape index (κ3) is 31.2. The first-order chi connectivity index (χ1) is 19.6. The van der Waals surface area contributed by atoms with Gasteiger partial charge in [0.1, 0.15) is 11.9 Å². The van der Waals surface area contributed by atoms with Crippen LogP contribution in [0.5, 0.6) is 0 Å². The number of carbonyl (C=O) groups excluding carboxylic acids is 2. The van der Waals surface area contributed by atoms with Crippen LogP contribution in [-0.4, -0.2) is 17.9 Å². The molecule has 1 atom stereocenters. The van der Waals surface area contributed by atoms with Gasteiger partial charge in [0.05, 0.1) is 0 Å². The Hall–Kier alpha value is -1.38. The minimum Gasteiger partial charge on any atom is -0.462 e. The van der Waals surface area contributed by atoms with Crippen molar-refractivity contribution < 1.29 is 14.3 Å². The highest BCUT2D eigenvalue weighted by Crippen LogP contribution is 2.16. The average molecular weight is 561 g/mol. The number of unbranched alkanes of at least 4 members (excludes halogenated alkanes) is 19. The number of ketones is 1. The topological polar surface area (TPSA) is 43.4 Å². The van der Waals surface area contributed by atoms with E-state index in [9.17, 15) is 9.59 Å². The van der Waals surface area contributed by atoms with Gasteiger partial charge in [-0.2, -0.15) is 0 Å². The molecule has 0 amide bonds. The lowest BCUT2D eigenvalue weighted by Gasteiger charge is -2.16. The van der Waals surface area contributed by atoms with Crippen molar-refractivity contribution in [1.29, 1.82) is 0 Å². The molecule has 0 aliphatic rings. The van der Waals surface area contributed by atoms with Crippen LogP contribution in [0.3, 0.4) is 0 Å². The van der Waals surface area contributed by atoms with Gasteiger partial charge in [0, 0.05) is 19.3 Å². The summed E-state index contributed by atoms with van der Waals surface area (Å²) in [6.07, 6.45) is 40.8. The number of rotatable bonds is 31. The predicted molar refractivity (Wildman–Crippen MR) is 175 cm³/mol. The lowest BCUT2D eigenvalue weighted by atomic mass is 10.1. The second-order valence-electron chi connectivity index (χ2n) is 12.0. The highest BCUT2D eigenvalue weighted by atomic mass is 16.5. The molecule has 234 valence electrons. The minimum absolute atomic E-state index is 0.00270. The predicted octanol–water partition coefficient (Wildman–Crippen LogP) is 12.2. The van der Waals surface area contributed by atoms with Gasteiger partial charge in [-0.25, -0.2) is 0 Å². The van der Waals surface area contributed by atoms with Crippen LogP contribution in [0.1, 0.15) is 194 Å². The van der Waals surface area contributed by atoms with Crippen molar-refractivity contribution in [3.05, 3.63) is 24.3 Å². The Labute approximate surface area is 250 Å². The summed E-state index contributed by atoms with van der Waals surface area (Å²) >= 11 is 0. The van der Waals surface area contributed by atoms with Gasteiger partial charge in [-0.15, -0.1) is 0 Å². The van der Waals surface area contributed by atoms with E-state index in [0.717, 1.165) is 57.8 Å². The van der Waals surface area contributed by atoms with Gasteiger partial charge in [-0.05, 0) is 71.1 Å². The minimum atomic E-state index is -0.00270. The number of hydrogen-bond donors (Lipinski definition) is 0. The Morgan fingerprint density at radius 2 is 0.950 bits per heavy atom. The quantitative estimate of drug-likeness (QED) is 0.0481. The van der Waals surface area contributed by atoms with Crippen molar-refractivity contribution in [2.75, 3.05) is 0 Å². The molecule has 40 heavy (non-hydrogen) atoms. The summed E-state index contributed by atoms with van der Waals surface area (Å²) in [5.41, 5.74) is 0. The van der Waals surface area contributed by atoms with Crippen molar-refractivity contribution in [2.45, 2.75) is 200 Å². The average Bonchev–Trinajstić information content (AvgIpc) is 2.93. The van der Waals surface area contributed by atoms with E-state index >= 15 is 0 Å². The van der Waals surface area contributed by atoms with Gasteiger partial charge in [-0.3, -0.25) is 4.79 Å². The lowest BCUT2D eigenvalue weighted by Crippen LogP contribution is -2.17. The Balaban J connectivity index is 3.91. The maximum absolute atomic E-state index is 12.5. The smallest absolute Gasteiger partial charge is 0.306 e. The summed E-state index contributed by atoms with van der Waals surface area (Å²) in [5.74, 6) is 0.303. The second-order valence-corrected chi connectivity index (χ2v) is 12.0. The number of esters is 1. The van der Waals surface area contributed by atoms with Crippen molar-refractivity contribution >= 4 is 11.8 Å². The number of ether oxygens (including phenoxy) is 1. The molecule has 0 aliphatic carbocycles. The molecule has 3 nitrogen and oxygen atoms in total. The van der Waals surface area contributed by atoms with Crippen molar-refractivity contribution in [3.8, 4) is 0 Å². The van der Waals surface area contributed by atoms with E-state index in [0.29, 0.717) is 12.2 Å². The molecule has 0 aromatic rings. The van der Waals surface area contributed by atoms with Crippen LogP contribution < -0.4 is 0 Å². The normalized spacial score (nSPS) is 12.5. The Kier molecular flexibility index (Phi) is 31.0. The molecule has 0 bridgehead atoms. The standard InChI is InChI=1S/C37H68O3/c1-4-6-8-10-11-12-13-14-15-16-17-18-23-26-30-34-37(39)40-36(32-28-9-7-5-2)33-29-25-22-20-19-21-24-27-31-35(3)38/h14-15,25,29,36H,4-13,16-24,26-28,30-34H2,1-3H3/b15-14+,29-25+. The first-order valence-electron chi connectivity index (χ1n) is 17.6. The third-order valence-electron chi connectivity index (χ3n) is 7.79. The van der Waals surface area contributed by atoms with Crippen LogP contribution >= 0.6 is 0 Å². The molecule has 0 rings (SSSR count). The SMILES string of the molecule is CCCCCCCC/C=C/CCCCCCCC(=O)OC(C/C=C/CCCCCCCC(C)=O)CCCCCC. The fourth-order valence-electron chi connectivity index (χ4n) is 5.14. The molecule has 1 unspecified atom stereocenters. The molecular weight excluding hydrogens is 492 g/mol. The molecule has 0 fully saturated rings. The third-order valence-corrected chi connectivity index (χ3v) is 7.79. The Bertz CT molecular complexity index is 607. The largest absolute Gasteiger partial charge is 0.462 e. The molecule has 0 aromatic carbocycles. The second kappa shape index (κ2) is 32.1.